The molecule has 0 N–H and O–H groups in total. The van der Waals surface area contributed by atoms with Gasteiger partial charge >= 0.3 is 0 Å². The Bertz CT molecular complexity index is 456. The van der Waals surface area contributed by atoms with Gasteiger partial charge in [0.25, 0.3) is 0 Å². The van der Waals surface area contributed by atoms with Gasteiger partial charge in [0, 0.05) is 12.1 Å². The number of hydrogen-bond acceptors (Lipinski definition) is 3. The fourth-order valence-electron chi connectivity index (χ4n) is 2.37. The van der Waals surface area contributed by atoms with Crippen LogP contribution in [-0.4, -0.2) is 31.1 Å². The van der Waals surface area contributed by atoms with Gasteiger partial charge in [0.1, 0.15) is 11.6 Å². The van der Waals surface area contributed by atoms with E-state index in [1.165, 1.54) is 25.0 Å². The Kier molecular flexibility index (Phi) is 4.16. The SMILES string of the molecule is CN1CCCC1CCOc1cc(F)cc(C#N)c1. The minimum Gasteiger partial charge on any atom is -0.493 e. The minimum absolute atomic E-state index is 0.294. The van der Waals surface area contributed by atoms with Crippen molar-refractivity contribution in [2.45, 2.75) is 25.3 Å². The third-order valence-electron chi connectivity index (χ3n) is 3.39. The number of nitrogens with zero attached hydrogens (tertiary/aromatic N) is 2. The lowest BCUT2D eigenvalue weighted by atomic mass is 10.1. The maximum atomic E-state index is 13.2. The molecule has 18 heavy (non-hydrogen) atoms. The van der Waals surface area contributed by atoms with E-state index in [0.29, 0.717) is 24.0 Å². The fraction of sp³-hybridized carbons (Fsp3) is 0.500. The van der Waals surface area contributed by atoms with Crippen molar-refractivity contribution >= 4 is 0 Å². The summed E-state index contributed by atoms with van der Waals surface area (Å²) in [6.07, 6.45) is 3.38. The van der Waals surface area contributed by atoms with Gasteiger partial charge in [-0.3, -0.25) is 0 Å². The Balaban J connectivity index is 1.86. The van der Waals surface area contributed by atoms with Crippen LogP contribution in [0.5, 0.6) is 5.75 Å². The predicted octanol–water partition coefficient (Wildman–Crippen LogP) is 2.56. The van der Waals surface area contributed by atoms with Crippen LogP contribution in [0.25, 0.3) is 0 Å². The zero-order valence-electron chi connectivity index (χ0n) is 10.5. The minimum atomic E-state index is -0.429. The van der Waals surface area contributed by atoms with Crippen molar-refractivity contribution in [2.24, 2.45) is 0 Å². The summed E-state index contributed by atoms with van der Waals surface area (Å²) in [7, 11) is 2.12. The lowest BCUT2D eigenvalue weighted by Crippen LogP contribution is -2.26. The van der Waals surface area contributed by atoms with Crippen molar-refractivity contribution in [1.29, 1.82) is 5.26 Å². The lowest BCUT2D eigenvalue weighted by Gasteiger charge is -2.19. The molecule has 0 saturated carbocycles. The molecule has 1 aliphatic rings. The van der Waals surface area contributed by atoms with E-state index in [9.17, 15) is 4.39 Å². The maximum absolute atomic E-state index is 13.2. The summed E-state index contributed by atoms with van der Waals surface area (Å²) >= 11 is 0. The smallest absolute Gasteiger partial charge is 0.128 e. The van der Waals surface area contributed by atoms with Crippen LogP contribution in [-0.2, 0) is 0 Å². The quantitative estimate of drug-likeness (QED) is 0.821. The topological polar surface area (TPSA) is 36.3 Å². The first-order valence-electron chi connectivity index (χ1n) is 6.23. The number of likely N-dealkylation sites (tertiary alicyclic amines) is 1. The monoisotopic (exact) mass is 248 g/mol. The molecule has 1 unspecified atom stereocenters. The van der Waals surface area contributed by atoms with E-state index in [1.807, 2.05) is 6.07 Å². The highest BCUT2D eigenvalue weighted by Crippen LogP contribution is 2.20. The van der Waals surface area contributed by atoms with Crippen LogP contribution >= 0.6 is 0 Å². The fourth-order valence-corrected chi connectivity index (χ4v) is 2.37. The summed E-state index contributed by atoms with van der Waals surface area (Å²) in [5, 5.41) is 8.74. The highest BCUT2D eigenvalue weighted by molar-refractivity contribution is 5.36. The van der Waals surface area contributed by atoms with Gasteiger partial charge in [0.2, 0.25) is 0 Å². The molecule has 1 heterocycles. The molecule has 1 saturated heterocycles. The summed E-state index contributed by atoms with van der Waals surface area (Å²) in [5.41, 5.74) is 0.294. The molecular weight excluding hydrogens is 231 g/mol. The number of nitriles is 1. The van der Waals surface area contributed by atoms with Gasteiger partial charge in [-0.25, -0.2) is 4.39 Å². The first-order chi connectivity index (χ1) is 8.69. The Labute approximate surface area is 107 Å². The summed E-state index contributed by atoms with van der Waals surface area (Å²) < 4.78 is 18.7. The third-order valence-corrected chi connectivity index (χ3v) is 3.39. The Morgan fingerprint density at radius 3 is 3.00 bits per heavy atom. The van der Waals surface area contributed by atoms with E-state index in [4.69, 9.17) is 10.00 Å². The van der Waals surface area contributed by atoms with Crippen molar-refractivity contribution in [2.75, 3.05) is 20.2 Å². The molecule has 2 rings (SSSR count). The van der Waals surface area contributed by atoms with Crippen molar-refractivity contribution < 1.29 is 9.13 Å². The third kappa shape index (κ3) is 3.21. The van der Waals surface area contributed by atoms with Gasteiger partial charge in [-0.05, 0) is 45.0 Å². The molecular formula is C14H17FN2O. The van der Waals surface area contributed by atoms with E-state index < -0.39 is 5.82 Å². The van der Waals surface area contributed by atoms with Crippen molar-refractivity contribution in [3.05, 3.63) is 29.6 Å². The second-order valence-electron chi connectivity index (χ2n) is 4.70. The van der Waals surface area contributed by atoms with Crippen LogP contribution in [0.4, 0.5) is 4.39 Å². The number of rotatable bonds is 4. The van der Waals surface area contributed by atoms with E-state index in [1.54, 1.807) is 6.07 Å². The molecule has 0 radical (unpaired) electrons. The van der Waals surface area contributed by atoms with Crippen LogP contribution in [0, 0.1) is 17.1 Å². The van der Waals surface area contributed by atoms with E-state index in [-0.39, 0.29) is 0 Å². The molecule has 0 bridgehead atoms. The molecule has 0 amide bonds. The number of ether oxygens (including phenoxy) is 1. The number of benzene rings is 1. The van der Waals surface area contributed by atoms with Crippen molar-refractivity contribution in [1.82, 2.24) is 4.90 Å². The second-order valence-corrected chi connectivity index (χ2v) is 4.70. The first kappa shape index (κ1) is 12.8. The Morgan fingerprint density at radius 2 is 2.33 bits per heavy atom. The van der Waals surface area contributed by atoms with Gasteiger partial charge in [-0.1, -0.05) is 0 Å². The van der Waals surface area contributed by atoms with Crippen LogP contribution in [0.3, 0.4) is 0 Å². The molecule has 0 aromatic heterocycles. The molecule has 1 fully saturated rings. The lowest BCUT2D eigenvalue weighted by molar-refractivity contribution is 0.233. The second kappa shape index (κ2) is 5.83. The van der Waals surface area contributed by atoms with E-state index in [0.717, 1.165) is 13.0 Å². The summed E-state index contributed by atoms with van der Waals surface area (Å²) in [6, 6.07) is 6.58. The highest BCUT2D eigenvalue weighted by atomic mass is 19.1. The van der Waals surface area contributed by atoms with Crippen LogP contribution in [0.1, 0.15) is 24.8 Å². The van der Waals surface area contributed by atoms with Crippen LogP contribution < -0.4 is 4.74 Å². The van der Waals surface area contributed by atoms with Crippen molar-refractivity contribution in [3.63, 3.8) is 0 Å². The van der Waals surface area contributed by atoms with Crippen molar-refractivity contribution in [3.8, 4) is 11.8 Å². The van der Waals surface area contributed by atoms with E-state index in [2.05, 4.69) is 11.9 Å². The van der Waals surface area contributed by atoms with Gasteiger partial charge < -0.3 is 9.64 Å². The number of halogens is 1. The zero-order chi connectivity index (χ0) is 13.0. The standard InChI is InChI=1S/C14H17FN2O/c1-17-5-2-3-13(17)4-6-18-14-8-11(10-16)7-12(15)9-14/h7-9,13H,2-6H2,1H3. The van der Waals surface area contributed by atoms with Gasteiger partial charge in [0.05, 0.1) is 18.2 Å². The molecule has 1 atom stereocenters. The normalized spacial score (nSPS) is 19.7. The molecule has 96 valence electrons. The van der Waals surface area contributed by atoms with Gasteiger partial charge in [0.15, 0.2) is 0 Å². The van der Waals surface area contributed by atoms with Gasteiger partial charge in [-0.2, -0.15) is 5.26 Å². The van der Waals surface area contributed by atoms with Gasteiger partial charge in [-0.15, -0.1) is 0 Å². The molecule has 0 aliphatic carbocycles. The average molecular weight is 248 g/mol. The molecule has 3 nitrogen and oxygen atoms in total. The molecule has 4 heteroatoms. The summed E-state index contributed by atoms with van der Waals surface area (Å²) in [5.74, 6) is 0.00855. The summed E-state index contributed by atoms with van der Waals surface area (Å²) in [6.45, 7) is 1.70. The Morgan fingerprint density at radius 1 is 1.50 bits per heavy atom. The predicted molar refractivity (Wildman–Crippen MR) is 66.9 cm³/mol. The zero-order valence-corrected chi connectivity index (χ0v) is 10.5. The molecule has 1 aromatic rings. The van der Waals surface area contributed by atoms with Crippen LogP contribution in [0.2, 0.25) is 0 Å². The van der Waals surface area contributed by atoms with Crippen LogP contribution in [0.15, 0.2) is 18.2 Å². The largest absolute Gasteiger partial charge is 0.493 e. The highest BCUT2D eigenvalue weighted by Gasteiger charge is 2.20. The molecule has 1 aromatic carbocycles. The Hall–Kier alpha value is -1.60. The molecule has 1 aliphatic heterocycles. The molecule has 0 spiro atoms. The maximum Gasteiger partial charge on any atom is 0.128 e. The van der Waals surface area contributed by atoms with E-state index >= 15 is 0 Å². The average Bonchev–Trinajstić information content (AvgIpc) is 2.74. The first-order valence-corrected chi connectivity index (χ1v) is 6.23. The summed E-state index contributed by atoms with van der Waals surface area (Å²) in [4.78, 5) is 2.33. The number of hydrogen-bond donors (Lipinski definition) is 0.